The second-order valence-corrected chi connectivity index (χ2v) is 10.6. The standard InChI is InChI=1S/C31H24NP.Pt/c1-4-12-25(13-5-1)26-14-10-15-27(24-26)31-21-11-16-28(32-31)22-23-33(29-17-6-2-7-18-29)30-19-8-3-9-20-30;/h1-12,14-21H,22-23H2;/q-2;+2/p+1. The topological polar surface area (TPSA) is 12.9 Å². The van der Waals surface area contributed by atoms with Crippen molar-refractivity contribution in [3.8, 4) is 22.4 Å². The van der Waals surface area contributed by atoms with E-state index < -0.39 is 7.92 Å². The molecule has 0 aliphatic carbocycles. The van der Waals surface area contributed by atoms with Gasteiger partial charge in [0, 0.05) is 17.8 Å². The molecule has 0 atom stereocenters. The summed E-state index contributed by atoms with van der Waals surface area (Å²) in [5.41, 5.74) is 5.21. The van der Waals surface area contributed by atoms with Crippen molar-refractivity contribution in [2.45, 2.75) is 6.42 Å². The summed E-state index contributed by atoms with van der Waals surface area (Å²) in [5.74, 6) is 0. The molecule has 0 aliphatic rings. The van der Waals surface area contributed by atoms with Gasteiger partial charge in [-0.1, -0.05) is 48.5 Å². The molecule has 0 aliphatic heterocycles. The third-order valence-electron chi connectivity index (χ3n) is 5.75. The van der Waals surface area contributed by atoms with Crippen LogP contribution in [0.3, 0.4) is 0 Å². The number of rotatable bonds is 7. The molecule has 3 heteroatoms. The first-order valence-corrected chi connectivity index (χ1v) is 13.0. The minimum atomic E-state index is -0.868. The van der Waals surface area contributed by atoms with Gasteiger partial charge in [-0.15, -0.1) is 23.8 Å². The number of hydrogen-bond donors (Lipinski definition) is 0. The number of nitrogens with zero attached hydrogens (tertiary/aromatic N) is 1. The molecule has 34 heavy (non-hydrogen) atoms. The van der Waals surface area contributed by atoms with Gasteiger partial charge in [-0.25, -0.2) is 5.56 Å². The molecule has 0 N–H and O–H groups in total. The fourth-order valence-corrected chi connectivity index (χ4v) is 6.70. The largest absolute Gasteiger partial charge is 2.00 e. The quantitative estimate of drug-likeness (QED) is 0.148. The number of hydrogen-bond acceptors (Lipinski definition) is 1. The summed E-state index contributed by atoms with van der Waals surface area (Å²) in [4.78, 5) is 5.01. The summed E-state index contributed by atoms with van der Waals surface area (Å²) >= 11 is 0. The molecule has 0 saturated carbocycles. The Morgan fingerprint density at radius 1 is 0.588 bits per heavy atom. The Hall–Kier alpha value is -2.85. The van der Waals surface area contributed by atoms with Gasteiger partial charge in [0.1, 0.15) is 0 Å². The molecule has 0 amide bonds. The molecule has 5 rings (SSSR count). The Kier molecular flexibility index (Phi) is 8.59. The Balaban J connectivity index is 0.00000274. The molecule has 0 unspecified atom stereocenters. The maximum Gasteiger partial charge on any atom is 2.00 e. The van der Waals surface area contributed by atoms with Crippen LogP contribution < -0.4 is 10.6 Å². The predicted molar refractivity (Wildman–Crippen MR) is 142 cm³/mol. The van der Waals surface area contributed by atoms with Gasteiger partial charge >= 0.3 is 21.1 Å². The van der Waals surface area contributed by atoms with Crippen LogP contribution in [-0.2, 0) is 27.5 Å². The Morgan fingerprint density at radius 3 is 1.88 bits per heavy atom. The second kappa shape index (κ2) is 12.0. The van der Waals surface area contributed by atoms with Crippen molar-refractivity contribution in [2.75, 3.05) is 6.16 Å². The molecule has 168 valence electrons. The van der Waals surface area contributed by atoms with E-state index in [9.17, 15) is 0 Å². The number of benzene rings is 4. The Morgan fingerprint density at radius 2 is 1.21 bits per heavy atom. The molecule has 4 aromatic carbocycles. The fraction of sp³-hybridized carbons (Fsp3) is 0.0645. The maximum atomic E-state index is 5.01. The van der Waals surface area contributed by atoms with Crippen LogP contribution in [0.25, 0.3) is 22.4 Å². The summed E-state index contributed by atoms with van der Waals surface area (Å²) in [6.45, 7) is 0. The van der Waals surface area contributed by atoms with Crippen LogP contribution in [0.1, 0.15) is 5.69 Å². The van der Waals surface area contributed by atoms with E-state index >= 15 is 0 Å². The fourth-order valence-electron chi connectivity index (χ4n) is 4.09. The zero-order valence-electron chi connectivity index (χ0n) is 18.7. The monoisotopic (exact) mass is 637 g/mol. The molecule has 0 bridgehead atoms. The first-order valence-electron chi connectivity index (χ1n) is 11.3. The van der Waals surface area contributed by atoms with Crippen molar-refractivity contribution in [2.24, 2.45) is 0 Å². The summed E-state index contributed by atoms with van der Waals surface area (Å²) in [6.07, 6.45) is 2.07. The normalized spacial score (nSPS) is 10.6. The van der Waals surface area contributed by atoms with E-state index in [0.29, 0.717) is 0 Å². The third-order valence-corrected chi connectivity index (χ3v) is 8.56. The summed E-state index contributed by atoms with van der Waals surface area (Å²) in [5, 5.41) is 2.90. The molecule has 1 heterocycles. The number of pyridine rings is 1. The molecule has 0 radical (unpaired) electrons. The minimum Gasteiger partial charge on any atom is -0.292 e. The second-order valence-electron chi connectivity index (χ2n) is 7.98. The first-order chi connectivity index (χ1) is 16.4. The van der Waals surface area contributed by atoms with Gasteiger partial charge in [0.25, 0.3) is 0 Å². The molecule has 1 nitrogen and oxygen atoms in total. The van der Waals surface area contributed by atoms with Crippen molar-refractivity contribution in [3.05, 3.63) is 139 Å². The van der Waals surface area contributed by atoms with Crippen LogP contribution in [-0.4, -0.2) is 11.1 Å². The first kappa shape index (κ1) is 24.3. The van der Waals surface area contributed by atoms with Crippen LogP contribution in [0.5, 0.6) is 0 Å². The van der Waals surface area contributed by atoms with Gasteiger partial charge in [0.15, 0.2) is 0 Å². The molecule has 0 spiro atoms. The summed E-state index contributed by atoms with van der Waals surface area (Å²) < 4.78 is 0. The van der Waals surface area contributed by atoms with Gasteiger partial charge in [-0.05, 0) is 30.3 Å². The van der Waals surface area contributed by atoms with Gasteiger partial charge in [-0.2, -0.15) is 42.0 Å². The molecule has 0 saturated heterocycles. The molecular formula is C31H25NPPt+. The smallest absolute Gasteiger partial charge is 0.292 e. The minimum absolute atomic E-state index is 0. The Labute approximate surface area is 217 Å². The van der Waals surface area contributed by atoms with E-state index in [0.717, 1.165) is 40.7 Å². The molecule has 1 aromatic heterocycles. The predicted octanol–water partition coefficient (Wildman–Crippen LogP) is 6.42. The SMILES string of the molecule is [Pt+2].[c-]1ccccc1-c1[c-]c(-c2cccc(CC[PH+](c3ccccc3)c3ccccc3)n2)ccc1. The average Bonchev–Trinajstić information content (AvgIpc) is 2.91. The number of aryl methyl sites for hydroxylation is 1. The van der Waals surface area contributed by atoms with Crippen LogP contribution in [0.15, 0.2) is 121 Å². The van der Waals surface area contributed by atoms with E-state index in [1.165, 1.54) is 10.6 Å². The molecular weight excluding hydrogens is 612 g/mol. The zero-order chi connectivity index (χ0) is 22.3. The van der Waals surface area contributed by atoms with E-state index in [-0.39, 0.29) is 21.1 Å². The van der Waals surface area contributed by atoms with Crippen molar-refractivity contribution in [1.82, 2.24) is 4.98 Å². The molecule has 0 fully saturated rings. The van der Waals surface area contributed by atoms with E-state index in [1.807, 2.05) is 18.2 Å². The summed E-state index contributed by atoms with van der Waals surface area (Å²) in [7, 11) is -0.868. The van der Waals surface area contributed by atoms with E-state index in [4.69, 9.17) is 4.98 Å². The van der Waals surface area contributed by atoms with Crippen molar-refractivity contribution in [3.63, 3.8) is 0 Å². The third kappa shape index (κ3) is 5.98. The van der Waals surface area contributed by atoms with E-state index in [2.05, 4.69) is 115 Å². The average molecular weight is 638 g/mol. The van der Waals surface area contributed by atoms with E-state index in [1.54, 1.807) is 0 Å². The zero-order valence-corrected chi connectivity index (χ0v) is 22.0. The van der Waals surface area contributed by atoms with Gasteiger partial charge in [-0.3, -0.25) is 4.98 Å². The van der Waals surface area contributed by atoms with Gasteiger partial charge < -0.3 is 0 Å². The molecule has 5 aromatic rings. The van der Waals surface area contributed by atoms with Crippen LogP contribution in [0.2, 0.25) is 0 Å². The Bertz CT molecular complexity index is 1270. The van der Waals surface area contributed by atoms with Gasteiger partial charge in [0.2, 0.25) is 0 Å². The maximum absolute atomic E-state index is 5.01. The van der Waals surface area contributed by atoms with Crippen molar-refractivity contribution in [1.29, 1.82) is 0 Å². The van der Waals surface area contributed by atoms with Gasteiger partial charge in [0.05, 0.1) is 24.7 Å². The van der Waals surface area contributed by atoms with Crippen molar-refractivity contribution < 1.29 is 21.1 Å². The van der Waals surface area contributed by atoms with Crippen LogP contribution >= 0.6 is 7.92 Å². The van der Waals surface area contributed by atoms with Crippen molar-refractivity contribution >= 4 is 18.5 Å². The van der Waals surface area contributed by atoms with Crippen LogP contribution in [0, 0.1) is 12.1 Å². The van der Waals surface area contributed by atoms with Crippen LogP contribution in [0.4, 0.5) is 0 Å². The summed E-state index contributed by atoms with van der Waals surface area (Å²) in [6, 6.07) is 49.3. The number of aromatic nitrogens is 1.